The lowest BCUT2D eigenvalue weighted by molar-refractivity contribution is 0.539. The Bertz CT molecular complexity index is 1270. The van der Waals surface area contributed by atoms with Gasteiger partial charge in [0.2, 0.25) is 0 Å². The molecule has 4 aromatic rings. The summed E-state index contributed by atoms with van der Waals surface area (Å²) in [5.74, 6) is 0. The van der Waals surface area contributed by atoms with Crippen LogP contribution < -0.4 is 5.32 Å². The van der Waals surface area contributed by atoms with E-state index in [2.05, 4.69) is 43.8 Å². The smallest absolute Gasteiger partial charge is 0.189 e. The first kappa shape index (κ1) is 18.1. The number of benzene rings is 2. The Morgan fingerprint density at radius 2 is 2.07 bits per heavy atom. The lowest BCUT2D eigenvalue weighted by atomic mass is 9.93. The van der Waals surface area contributed by atoms with Gasteiger partial charge in [0.05, 0.1) is 30.2 Å². The van der Waals surface area contributed by atoms with Gasteiger partial charge in [-0.15, -0.1) is 5.10 Å². The van der Waals surface area contributed by atoms with Crippen molar-refractivity contribution in [1.29, 1.82) is 0 Å². The molecule has 5 rings (SSSR count). The topological polar surface area (TPSA) is 64.9 Å². The van der Waals surface area contributed by atoms with E-state index in [9.17, 15) is 0 Å². The van der Waals surface area contributed by atoms with Gasteiger partial charge in [0.25, 0.3) is 0 Å². The summed E-state index contributed by atoms with van der Waals surface area (Å²) in [6.45, 7) is 10.1. The van der Waals surface area contributed by atoms with Crippen LogP contribution in [0.15, 0.2) is 54.9 Å². The summed E-state index contributed by atoms with van der Waals surface area (Å²) in [5, 5.41) is 16.6. The molecule has 1 atom stereocenters. The molecule has 2 aromatic heterocycles. The first-order valence-electron chi connectivity index (χ1n) is 9.90. The van der Waals surface area contributed by atoms with E-state index in [0.29, 0.717) is 5.69 Å². The molecular formula is C23H21N7. The van der Waals surface area contributed by atoms with E-state index >= 15 is 0 Å². The van der Waals surface area contributed by atoms with Gasteiger partial charge >= 0.3 is 0 Å². The van der Waals surface area contributed by atoms with Crippen LogP contribution in [0, 0.1) is 13.5 Å². The second-order valence-electron chi connectivity index (χ2n) is 7.60. The van der Waals surface area contributed by atoms with Gasteiger partial charge in [-0.2, -0.15) is 5.10 Å². The zero-order valence-electron chi connectivity index (χ0n) is 16.9. The molecule has 0 spiro atoms. The predicted octanol–water partition coefficient (Wildman–Crippen LogP) is 4.76. The number of hydrogen-bond acceptors (Lipinski definition) is 4. The van der Waals surface area contributed by atoms with Crippen molar-refractivity contribution in [2.24, 2.45) is 7.05 Å². The molecule has 0 bridgehead atoms. The lowest BCUT2D eigenvalue weighted by Crippen LogP contribution is -2.12. The highest BCUT2D eigenvalue weighted by atomic mass is 15.4. The van der Waals surface area contributed by atoms with Crippen molar-refractivity contribution in [3.05, 3.63) is 77.5 Å². The van der Waals surface area contributed by atoms with Crippen LogP contribution in [0.1, 0.15) is 23.7 Å². The minimum atomic E-state index is 0.0821. The van der Waals surface area contributed by atoms with E-state index < -0.39 is 0 Å². The first-order valence-corrected chi connectivity index (χ1v) is 9.90. The van der Waals surface area contributed by atoms with Crippen molar-refractivity contribution in [2.75, 3.05) is 5.32 Å². The summed E-state index contributed by atoms with van der Waals surface area (Å²) in [6, 6.07) is 14.3. The fourth-order valence-corrected chi connectivity index (χ4v) is 4.13. The molecule has 0 saturated carbocycles. The number of aromatic nitrogens is 5. The summed E-state index contributed by atoms with van der Waals surface area (Å²) < 4.78 is 3.81. The van der Waals surface area contributed by atoms with Gasteiger partial charge in [-0.3, -0.25) is 4.68 Å². The van der Waals surface area contributed by atoms with Crippen LogP contribution in [-0.2, 0) is 13.6 Å². The van der Waals surface area contributed by atoms with Crippen LogP contribution in [0.5, 0.6) is 0 Å². The number of nitrogens with one attached hydrogen (secondary N) is 1. The summed E-state index contributed by atoms with van der Waals surface area (Å²) in [4.78, 5) is 3.56. The number of anilines is 1. The largest absolute Gasteiger partial charge is 0.379 e. The Morgan fingerprint density at radius 1 is 1.17 bits per heavy atom. The fraction of sp³-hybridized carbons (Fsp3) is 0.217. The molecule has 30 heavy (non-hydrogen) atoms. The molecule has 1 unspecified atom stereocenters. The van der Waals surface area contributed by atoms with E-state index in [1.54, 1.807) is 0 Å². The SMILES string of the molecule is [C-]#[N+]c1cccc(NC2CCn3nnc(C)c3-c3ccc(-c4cnn(C)c4)cc32)c1. The highest BCUT2D eigenvalue weighted by Gasteiger charge is 2.25. The number of rotatable bonds is 3. The molecule has 1 N–H and O–H groups in total. The van der Waals surface area contributed by atoms with Gasteiger partial charge in [0.1, 0.15) is 0 Å². The quantitative estimate of drug-likeness (QED) is 0.508. The maximum Gasteiger partial charge on any atom is 0.189 e. The minimum absolute atomic E-state index is 0.0821. The second kappa shape index (κ2) is 7.16. The van der Waals surface area contributed by atoms with E-state index in [1.807, 2.05) is 60.0 Å². The molecule has 7 nitrogen and oxygen atoms in total. The molecule has 0 aliphatic carbocycles. The third-order valence-corrected chi connectivity index (χ3v) is 5.57. The van der Waals surface area contributed by atoms with E-state index in [1.165, 1.54) is 5.56 Å². The zero-order valence-corrected chi connectivity index (χ0v) is 16.9. The van der Waals surface area contributed by atoms with Gasteiger partial charge in [0, 0.05) is 36.6 Å². The average Bonchev–Trinajstić information content (AvgIpc) is 3.32. The zero-order chi connectivity index (χ0) is 20.7. The summed E-state index contributed by atoms with van der Waals surface area (Å²) >= 11 is 0. The van der Waals surface area contributed by atoms with E-state index in [-0.39, 0.29) is 6.04 Å². The third-order valence-electron chi connectivity index (χ3n) is 5.57. The van der Waals surface area contributed by atoms with Crippen molar-refractivity contribution in [3.63, 3.8) is 0 Å². The Labute approximate surface area is 174 Å². The molecule has 2 aromatic carbocycles. The van der Waals surface area contributed by atoms with E-state index in [0.717, 1.165) is 46.7 Å². The van der Waals surface area contributed by atoms with Crippen LogP contribution in [0.25, 0.3) is 27.2 Å². The van der Waals surface area contributed by atoms with Crippen LogP contribution >= 0.6 is 0 Å². The third kappa shape index (κ3) is 3.12. The van der Waals surface area contributed by atoms with Crippen LogP contribution in [0.2, 0.25) is 0 Å². The summed E-state index contributed by atoms with van der Waals surface area (Å²) in [6.07, 6.45) is 4.77. The van der Waals surface area contributed by atoms with E-state index in [4.69, 9.17) is 6.57 Å². The molecule has 0 saturated heterocycles. The monoisotopic (exact) mass is 395 g/mol. The average molecular weight is 395 g/mol. The number of nitrogens with zero attached hydrogens (tertiary/aromatic N) is 6. The highest BCUT2D eigenvalue weighted by molar-refractivity contribution is 5.74. The van der Waals surface area contributed by atoms with Crippen molar-refractivity contribution >= 4 is 11.4 Å². The number of aryl methyl sites for hydroxylation is 3. The number of fused-ring (bicyclic) bond motifs is 3. The maximum atomic E-state index is 7.30. The van der Waals surface area contributed by atoms with Gasteiger partial charge in [-0.05, 0) is 42.7 Å². The highest BCUT2D eigenvalue weighted by Crippen LogP contribution is 2.39. The molecule has 0 radical (unpaired) electrons. The van der Waals surface area contributed by atoms with Gasteiger partial charge < -0.3 is 5.32 Å². The first-order chi connectivity index (χ1) is 14.6. The Kier molecular flexibility index (Phi) is 4.32. The summed E-state index contributed by atoms with van der Waals surface area (Å²) in [5.41, 5.74) is 8.13. The molecule has 0 amide bonds. The normalized spacial score (nSPS) is 15.0. The molecule has 148 valence electrons. The van der Waals surface area contributed by atoms with Crippen LogP contribution in [-0.4, -0.2) is 24.8 Å². The van der Waals surface area contributed by atoms with Crippen molar-refractivity contribution < 1.29 is 0 Å². The fourth-order valence-electron chi connectivity index (χ4n) is 4.13. The van der Waals surface area contributed by atoms with Crippen molar-refractivity contribution in [2.45, 2.75) is 25.9 Å². The summed E-state index contributed by atoms with van der Waals surface area (Å²) in [7, 11) is 1.93. The van der Waals surface area contributed by atoms with Crippen molar-refractivity contribution in [3.8, 4) is 22.4 Å². The molecular weight excluding hydrogens is 374 g/mol. The Balaban J connectivity index is 1.63. The van der Waals surface area contributed by atoms with Gasteiger partial charge in [0.15, 0.2) is 5.69 Å². The maximum absolute atomic E-state index is 7.30. The number of hydrogen-bond donors (Lipinski definition) is 1. The molecule has 0 fully saturated rings. The van der Waals surface area contributed by atoms with Gasteiger partial charge in [-0.1, -0.05) is 29.5 Å². The van der Waals surface area contributed by atoms with Gasteiger partial charge in [-0.25, -0.2) is 9.53 Å². The van der Waals surface area contributed by atoms with Crippen molar-refractivity contribution in [1.82, 2.24) is 24.8 Å². The second-order valence-corrected chi connectivity index (χ2v) is 7.60. The Morgan fingerprint density at radius 3 is 2.87 bits per heavy atom. The van der Waals surface area contributed by atoms with Crippen LogP contribution in [0.3, 0.4) is 0 Å². The lowest BCUT2D eigenvalue weighted by Gasteiger charge is -2.21. The predicted molar refractivity (Wildman–Crippen MR) is 116 cm³/mol. The molecule has 7 heteroatoms. The van der Waals surface area contributed by atoms with Crippen LogP contribution in [0.4, 0.5) is 11.4 Å². The standard InChI is InChI=1S/C23H21N7/c1-15-23-20-8-7-16(17-13-25-29(3)14-17)11-21(20)22(9-10-30(23)28-27-15)26-19-6-4-5-18(12-19)24-2/h4-8,11-14,22,26H,9-10H2,1,3H3. The minimum Gasteiger partial charge on any atom is -0.379 e. The Hall–Kier alpha value is -3.92. The molecule has 3 heterocycles. The molecule has 1 aliphatic rings. The molecule has 1 aliphatic heterocycles.